The molecule has 0 aliphatic heterocycles. The average Bonchev–Trinajstić information content (AvgIpc) is 2.25. The molecule has 0 aromatic heterocycles. The van der Waals surface area contributed by atoms with Crippen LogP contribution in [0.4, 0.5) is 0 Å². The highest BCUT2D eigenvalue weighted by Crippen LogP contribution is 2.03. The van der Waals surface area contributed by atoms with E-state index in [1.165, 1.54) is 12.8 Å². The van der Waals surface area contributed by atoms with Crippen molar-refractivity contribution in [2.75, 3.05) is 13.2 Å². The van der Waals surface area contributed by atoms with Gasteiger partial charge in [0.25, 0.3) is 0 Å². The van der Waals surface area contributed by atoms with E-state index < -0.39 is 0 Å². The van der Waals surface area contributed by atoms with Crippen molar-refractivity contribution in [3.8, 4) is 0 Å². The van der Waals surface area contributed by atoms with Gasteiger partial charge in [-0.3, -0.25) is 4.79 Å². The van der Waals surface area contributed by atoms with Crippen LogP contribution in [0.2, 0.25) is 0 Å². The Balaban J connectivity index is 3.30. The van der Waals surface area contributed by atoms with Gasteiger partial charge in [-0.15, -0.1) is 0 Å². The number of hydrogen-bond acceptors (Lipinski definition) is 3. The van der Waals surface area contributed by atoms with Gasteiger partial charge in [-0.2, -0.15) is 0 Å². The molecule has 0 atom stereocenters. The van der Waals surface area contributed by atoms with Crippen LogP contribution in [0.25, 0.3) is 0 Å². The fourth-order valence-electron chi connectivity index (χ4n) is 1.17. The van der Waals surface area contributed by atoms with Gasteiger partial charge in [-0.25, -0.2) is 0 Å². The third-order valence-electron chi connectivity index (χ3n) is 2.23. The molecule has 0 aliphatic rings. The number of ether oxygens (including phenoxy) is 1. The Bertz CT molecular complexity index is 190. The summed E-state index contributed by atoms with van der Waals surface area (Å²) >= 11 is 0. The molecule has 0 heterocycles. The molecule has 0 saturated carbocycles. The van der Waals surface area contributed by atoms with Crippen LogP contribution in [0.15, 0.2) is 12.2 Å². The molecule has 0 saturated heterocycles. The third-order valence-corrected chi connectivity index (χ3v) is 2.23. The van der Waals surface area contributed by atoms with Gasteiger partial charge >= 0.3 is 5.97 Å². The van der Waals surface area contributed by atoms with Gasteiger partial charge < -0.3 is 10.5 Å². The maximum Gasteiger partial charge on any atom is 0.306 e. The second-order valence-corrected chi connectivity index (χ2v) is 3.74. The van der Waals surface area contributed by atoms with E-state index in [0.717, 1.165) is 18.4 Å². The van der Waals surface area contributed by atoms with Gasteiger partial charge in [-0.1, -0.05) is 38.3 Å². The van der Waals surface area contributed by atoms with Crippen LogP contribution in [0.3, 0.4) is 0 Å². The molecule has 2 N–H and O–H groups in total. The molecule has 15 heavy (non-hydrogen) atoms. The SMILES string of the molecule is C=C(CN)CCC(=O)OCCCCCC. The number of rotatable bonds is 9. The number of carbonyl (C=O) groups is 1. The zero-order valence-electron chi connectivity index (χ0n) is 9.76. The minimum absolute atomic E-state index is 0.138. The first-order valence-corrected chi connectivity index (χ1v) is 5.73. The van der Waals surface area contributed by atoms with E-state index in [1.54, 1.807) is 0 Å². The molecule has 0 bridgehead atoms. The summed E-state index contributed by atoms with van der Waals surface area (Å²) in [7, 11) is 0. The number of hydrogen-bond donors (Lipinski definition) is 1. The van der Waals surface area contributed by atoms with Crippen molar-refractivity contribution in [2.24, 2.45) is 5.73 Å². The summed E-state index contributed by atoms with van der Waals surface area (Å²) in [6, 6.07) is 0. The van der Waals surface area contributed by atoms with Crippen molar-refractivity contribution in [3.05, 3.63) is 12.2 Å². The summed E-state index contributed by atoms with van der Waals surface area (Å²) < 4.78 is 5.06. The second-order valence-electron chi connectivity index (χ2n) is 3.74. The molecule has 0 spiro atoms. The Kier molecular flexibility index (Phi) is 9.18. The lowest BCUT2D eigenvalue weighted by Gasteiger charge is -2.05. The molecule has 0 aromatic carbocycles. The zero-order valence-corrected chi connectivity index (χ0v) is 9.76. The normalized spacial score (nSPS) is 10.0. The Hall–Kier alpha value is -0.830. The highest BCUT2D eigenvalue weighted by molar-refractivity contribution is 5.69. The van der Waals surface area contributed by atoms with Crippen molar-refractivity contribution in [1.82, 2.24) is 0 Å². The highest BCUT2D eigenvalue weighted by Gasteiger charge is 2.03. The Morgan fingerprint density at radius 1 is 1.27 bits per heavy atom. The van der Waals surface area contributed by atoms with E-state index in [0.29, 0.717) is 26.0 Å². The quantitative estimate of drug-likeness (QED) is 0.363. The van der Waals surface area contributed by atoms with E-state index in [9.17, 15) is 4.79 Å². The summed E-state index contributed by atoms with van der Waals surface area (Å²) in [5, 5.41) is 0. The summed E-state index contributed by atoms with van der Waals surface area (Å²) in [5.74, 6) is -0.138. The molecule has 0 fully saturated rings. The Labute approximate surface area is 92.7 Å². The van der Waals surface area contributed by atoms with Crippen LogP contribution >= 0.6 is 0 Å². The smallest absolute Gasteiger partial charge is 0.306 e. The second kappa shape index (κ2) is 9.71. The van der Waals surface area contributed by atoms with Crippen LogP contribution in [0, 0.1) is 0 Å². The molecule has 0 aromatic rings. The minimum Gasteiger partial charge on any atom is -0.466 e. The molecule has 0 radical (unpaired) electrons. The molecule has 0 rings (SSSR count). The van der Waals surface area contributed by atoms with Gasteiger partial charge in [0.2, 0.25) is 0 Å². The van der Waals surface area contributed by atoms with Crippen molar-refractivity contribution in [1.29, 1.82) is 0 Å². The molecule has 0 amide bonds. The van der Waals surface area contributed by atoms with Crippen molar-refractivity contribution in [2.45, 2.75) is 45.4 Å². The first-order chi connectivity index (χ1) is 7.20. The van der Waals surface area contributed by atoms with Crippen LogP contribution in [0.1, 0.15) is 45.4 Å². The topological polar surface area (TPSA) is 52.3 Å². The van der Waals surface area contributed by atoms with E-state index in [4.69, 9.17) is 10.5 Å². The van der Waals surface area contributed by atoms with Crippen molar-refractivity contribution >= 4 is 5.97 Å². The van der Waals surface area contributed by atoms with Crippen LogP contribution < -0.4 is 5.73 Å². The lowest BCUT2D eigenvalue weighted by atomic mass is 10.2. The van der Waals surface area contributed by atoms with Crippen LogP contribution in [-0.2, 0) is 9.53 Å². The predicted molar refractivity (Wildman–Crippen MR) is 62.5 cm³/mol. The number of unbranched alkanes of at least 4 members (excludes halogenated alkanes) is 3. The number of esters is 1. The maximum atomic E-state index is 11.2. The Morgan fingerprint density at radius 2 is 2.00 bits per heavy atom. The Morgan fingerprint density at radius 3 is 2.60 bits per heavy atom. The first kappa shape index (κ1) is 14.2. The number of nitrogens with two attached hydrogens (primary N) is 1. The van der Waals surface area contributed by atoms with E-state index >= 15 is 0 Å². The fraction of sp³-hybridized carbons (Fsp3) is 0.750. The molecule has 0 aliphatic carbocycles. The zero-order chi connectivity index (χ0) is 11.5. The molecule has 0 unspecified atom stereocenters. The van der Waals surface area contributed by atoms with Crippen LogP contribution in [-0.4, -0.2) is 19.1 Å². The lowest BCUT2D eigenvalue weighted by molar-refractivity contribution is -0.143. The molecule has 3 nitrogen and oxygen atoms in total. The summed E-state index contributed by atoms with van der Waals surface area (Å²) in [6.45, 7) is 6.89. The van der Waals surface area contributed by atoms with Crippen molar-refractivity contribution < 1.29 is 9.53 Å². The third kappa shape index (κ3) is 9.47. The predicted octanol–water partition coefficient (Wildman–Crippen LogP) is 2.41. The van der Waals surface area contributed by atoms with Crippen LogP contribution in [0.5, 0.6) is 0 Å². The van der Waals surface area contributed by atoms with Gasteiger partial charge in [0, 0.05) is 13.0 Å². The van der Waals surface area contributed by atoms with Gasteiger partial charge in [0.1, 0.15) is 0 Å². The highest BCUT2D eigenvalue weighted by atomic mass is 16.5. The largest absolute Gasteiger partial charge is 0.466 e. The van der Waals surface area contributed by atoms with Gasteiger partial charge in [0.15, 0.2) is 0 Å². The molecular formula is C12H23NO2. The van der Waals surface area contributed by atoms with E-state index in [1.807, 2.05) is 0 Å². The van der Waals surface area contributed by atoms with Gasteiger partial charge in [0.05, 0.1) is 6.61 Å². The standard InChI is InChI=1S/C12H23NO2/c1-3-4-5-6-9-15-12(14)8-7-11(2)10-13/h2-10,13H2,1H3. The number of carbonyl (C=O) groups excluding carboxylic acids is 1. The summed E-state index contributed by atoms with van der Waals surface area (Å²) in [5.41, 5.74) is 6.26. The molecule has 88 valence electrons. The maximum absolute atomic E-state index is 11.2. The monoisotopic (exact) mass is 213 g/mol. The van der Waals surface area contributed by atoms with Gasteiger partial charge in [-0.05, 0) is 12.8 Å². The molecule has 3 heteroatoms. The minimum atomic E-state index is -0.138. The summed E-state index contributed by atoms with van der Waals surface area (Å²) in [4.78, 5) is 11.2. The summed E-state index contributed by atoms with van der Waals surface area (Å²) in [6.07, 6.45) is 5.57. The van der Waals surface area contributed by atoms with Crippen molar-refractivity contribution in [3.63, 3.8) is 0 Å². The van der Waals surface area contributed by atoms with E-state index in [-0.39, 0.29) is 5.97 Å². The lowest BCUT2D eigenvalue weighted by Crippen LogP contribution is -2.08. The van der Waals surface area contributed by atoms with E-state index in [2.05, 4.69) is 13.5 Å². The molecular weight excluding hydrogens is 190 g/mol. The first-order valence-electron chi connectivity index (χ1n) is 5.73. The fourth-order valence-corrected chi connectivity index (χ4v) is 1.17. The average molecular weight is 213 g/mol.